The molecule has 0 saturated carbocycles. The molecule has 0 bridgehead atoms. The summed E-state index contributed by atoms with van der Waals surface area (Å²) in [5.41, 5.74) is 0. The van der Waals surface area contributed by atoms with E-state index in [1.807, 2.05) is 0 Å². The van der Waals surface area contributed by atoms with Gasteiger partial charge in [0, 0.05) is 9.52 Å². The third-order valence-electron chi connectivity index (χ3n) is 1.32. The summed E-state index contributed by atoms with van der Waals surface area (Å²) >= 11 is 0. The van der Waals surface area contributed by atoms with Crippen molar-refractivity contribution in [2.45, 2.75) is 25.3 Å². The molecule has 0 N–H and O–H groups in total. The van der Waals surface area contributed by atoms with Crippen molar-refractivity contribution in [1.29, 1.82) is 0 Å². The predicted octanol–water partition coefficient (Wildman–Crippen LogP) is 0.920. The highest BCUT2D eigenvalue weighted by molar-refractivity contribution is 6.33. The van der Waals surface area contributed by atoms with Crippen molar-refractivity contribution in [3.63, 3.8) is 0 Å². The van der Waals surface area contributed by atoms with Gasteiger partial charge in [-0.1, -0.05) is 12.6 Å². The molecule has 0 atom stereocenters. The van der Waals surface area contributed by atoms with Gasteiger partial charge in [-0.15, -0.1) is 0 Å². The third kappa shape index (κ3) is 2.47. The van der Waals surface area contributed by atoms with Crippen molar-refractivity contribution < 1.29 is 9.47 Å². The summed E-state index contributed by atoms with van der Waals surface area (Å²) in [7, 11) is 1.02. The van der Waals surface area contributed by atoms with Crippen LogP contribution in [0.5, 0.6) is 0 Å². The van der Waals surface area contributed by atoms with Crippen LogP contribution in [-0.2, 0) is 9.47 Å². The van der Waals surface area contributed by atoms with Crippen LogP contribution >= 0.6 is 0 Å². The minimum Gasteiger partial charge on any atom is -0.350 e. The minimum atomic E-state index is 0.123. The Morgan fingerprint density at radius 3 is 2.67 bits per heavy atom. The van der Waals surface area contributed by atoms with Crippen molar-refractivity contribution in [3.05, 3.63) is 0 Å². The highest BCUT2D eigenvalue weighted by Gasteiger charge is 2.13. The van der Waals surface area contributed by atoms with Gasteiger partial charge in [-0.25, -0.2) is 0 Å². The van der Waals surface area contributed by atoms with Crippen LogP contribution in [0.4, 0.5) is 0 Å². The van der Waals surface area contributed by atoms with Gasteiger partial charge in [0.1, 0.15) is 0 Å². The number of ether oxygens (including phenoxy) is 2. The smallest absolute Gasteiger partial charge is 0.157 e. The Bertz CT molecular complexity index is 71.5. The maximum Gasteiger partial charge on any atom is 0.157 e. The molecule has 0 unspecified atom stereocenters. The lowest BCUT2D eigenvalue weighted by Crippen LogP contribution is -2.07. The molecule has 2 nitrogen and oxygen atoms in total. The average Bonchev–Trinajstić information content (AvgIpc) is 2.34. The summed E-state index contributed by atoms with van der Waals surface area (Å²) in [6, 6.07) is 1.24. The summed E-state index contributed by atoms with van der Waals surface area (Å²) in [5, 5.41) is 0. The fraction of sp³-hybridized carbons (Fsp3) is 1.00. The minimum absolute atomic E-state index is 0.123. The molecule has 0 aromatic carbocycles. The fourth-order valence-corrected chi connectivity index (χ4v) is 1.36. The van der Waals surface area contributed by atoms with E-state index in [0.29, 0.717) is 0 Å². The molecule has 0 aromatic heterocycles. The van der Waals surface area contributed by atoms with Crippen LogP contribution in [0.15, 0.2) is 0 Å². The molecule has 52 valence electrons. The molecule has 1 rings (SSSR count). The van der Waals surface area contributed by atoms with E-state index in [-0.39, 0.29) is 6.29 Å². The zero-order valence-electron chi connectivity index (χ0n) is 5.72. The first kappa shape index (κ1) is 7.25. The van der Waals surface area contributed by atoms with Crippen molar-refractivity contribution >= 4 is 9.52 Å². The summed E-state index contributed by atoms with van der Waals surface area (Å²) in [6.07, 6.45) is 1.20. The lowest BCUT2D eigenvalue weighted by Gasteiger charge is -2.05. The van der Waals surface area contributed by atoms with Crippen molar-refractivity contribution in [3.8, 4) is 0 Å². The first-order valence-electron chi connectivity index (χ1n) is 3.31. The second-order valence-electron chi connectivity index (χ2n) is 2.06. The molecule has 0 amide bonds. The molecule has 3 heteroatoms. The molecule has 0 aliphatic carbocycles. The lowest BCUT2D eigenvalue weighted by molar-refractivity contribution is -0.0429. The Morgan fingerprint density at radius 1 is 1.44 bits per heavy atom. The molecule has 1 aliphatic heterocycles. The van der Waals surface area contributed by atoms with E-state index in [1.165, 1.54) is 6.04 Å². The largest absolute Gasteiger partial charge is 0.350 e. The molecule has 2 radical (unpaired) electrons. The number of rotatable bonds is 3. The van der Waals surface area contributed by atoms with E-state index >= 15 is 0 Å². The first-order chi connectivity index (χ1) is 4.43. The second kappa shape index (κ2) is 4.03. The van der Waals surface area contributed by atoms with E-state index in [4.69, 9.17) is 9.47 Å². The van der Waals surface area contributed by atoms with Crippen LogP contribution in [0.25, 0.3) is 0 Å². The number of hydrogen-bond donors (Lipinski definition) is 0. The average molecular weight is 144 g/mol. The lowest BCUT2D eigenvalue weighted by atomic mass is 10.5. The quantitative estimate of drug-likeness (QED) is 0.548. The Hall–Kier alpha value is 0.137. The fourth-order valence-electron chi connectivity index (χ4n) is 0.836. The van der Waals surface area contributed by atoms with Gasteiger partial charge in [0.2, 0.25) is 0 Å². The zero-order valence-corrected chi connectivity index (χ0v) is 6.72. The Balaban J connectivity index is 1.98. The Morgan fingerprint density at radius 2 is 2.11 bits per heavy atom. The van der Waals surface area contributed by atoms with E-state index < -0.39 is 0 Å². The molecular weight excluding hydrogens is 132 g/mol. The molecule has 1 fully saturated rings. The van der Waals surface area contributed by atoms with E-state index in [2.05, 4.69) is 6.55 Å². The predicted molar refractivity (Wildman–Crippen MR) is 36.7 cm³/mol. The first-order valence-corrected chi connectivity index (χ1v) is 5.02. The summed E-state index contributed by atoms with van der Waals surface area (Å²) < 4.78 is 10.5. The van der Waals surface area contributed by atoms with E-state index in [9.17, 15) is 0 Å². The van der Waals surface area contributed by atoms with Crippen LogP contribution in [0, 0.1) is 0 Å². The van der Waals surface area contributed by atoms with Crippen LogP contribution in [0.3, 0.4) is 0 Å². The van der Waals surface area contributed by atoms with Gasteiger partial charge in [0.25, 0.3) is 0 Å². The topological polar surface area (TPSA) is 18.5 Å². The van der Waals surface area contributed by atoms with Gasteiger partial charge in [-0.05, 0) is 6.42 Å². The van der Waals surface area contributed by atoms with Gasteiger partial charge < -0.3 is 9.47 Å². The van der Waals surface area contributed by atoms with Crippen molar-refractivity contribution in [2.75, 3.05) is 13.2 Å². The highest BCUT2D eigenvalue weighted by atomic mass is 28.2. The highest BCUT2D eigenvalue weighted by Crippen LogP contribution is 2.09. The maximum absolute atomic E-state index is 5.24. The van der Waals surface area contributed by atoms with Gasteiger partial charge in [0.15, 0.2) is 6.29 Å². The van der Waals surface area contributed by atoms with Gasteiger partial charge in [-0.2, -0.15) is 0 Å². The van der Waals surface area contributed by atoms with Gasteiger partial charge >= 0.3 is 0 Å². The molecule has 9 heavy (non-hydrogen) atoms. The third-order valence-corrected chi connectivity index (χ3v) is 2.11. The molecule has 0 aromatic rings. The Kier molecular flexibility index (Phi) is 3.25. The summed E-state index contributed by atoms with van der Waals surface area (Å²) in [4.78, 5) is 0. The molecular formula is C6H12O2Si. The molecule has 0 spiro atoms. The standard InChI is InChI=1S/C6H12O2Si/c1-9-5-2-6-7-3-4-8-6/h6H,2-5H2,1H3. The number of hydrogen-bond acceptors (Lipinski definition) is 2. The summed E-state index contributed by atoms with van der Waals surface area (Å²) in [6.45, 7) is 3.78. The molecule has 1 saturated heterocycles. The van der Waals surface area contributed by atoms with Crippen LogP contribution in [0.1, 0.15) is 6.42 Å². The summed E-state index contributed by atoms with van der Waals surface area (Å²) in [5.74, 6) is 0. The van der Waals surface area contributed by atoms with Crippen molar-refractivity contribution in [2.24, 2.45) is 0 Å². The SMILES string of the molecule is C[Si]CCC1OCCO1. The normalized spacial score (nSPS) is 21.0. The van der Waals surface area contributed by atoms with E-state index in [0.717, 1.165) is 29.2 Å². The van der Waals surface area contributed by atoms with Crippen LogP contribution in [-0.4, -0.2) is 29.0 Å². The second-order valence-corrected chi connectivity index (χ2v) is 3.27. The van der Waals surface area contributed by atoms with Crippen LogP contribution < -0.4 is 0 Å². The van der Waals surface area contributed by atoms with Gasteiger partial charge in [0.05, 0.1) is 13.2 Å². The van der Waals surface area contributed by atoms with E-state index in [1.54, 1.807) is 0 Å². The molecule has 1 heterocycles. The van der Waals surface area contributed by atoms with Crippen LogP contribution in [0.2, 0.25) is 12.6 Å². The Labute approximate surface area is 58.4 Å². The van der Waals surface area contributed by atoms with Gasteiger partial charge in [-0.3, -0.25) is 0 Å². The molecule has 1 aliphatic rings. The van der Waals surface area contributed by atoms with Crippen molar-refractivity contribution in [1.82, 2.24) is 0 Å². The monoisotopic (exact) mass is 144 g/mol. The maximum atomic E-state index is 5.24. The zero-order chi connectivity index (χ0) is 6.53.